The second kappa shape index (κ2) is 5.25. The molecule has 0 saturated carbocycles. The second-order valence-electron chi connectivity index (χ2n) is 4.60. The quantitative estimate of drug-likeness (QED) is 0.749. The number of anilines is 1. The van der Waals surface area contributed by atoms with Crippen molar-refractivity contribution in [2.75, 3.05) is 11.9 Å². The van der Waals surface area contributed by atoms with Crippen LogP contribution in [0.25, 0.3) is 11.0 Å². The summed E-state index contributed by atoms with van der Waals surface area (Å²) >= 11 is 1.37. The van der Waals surface area contributed by atoms with Gasteiger partial charge in [-0.1, -0.05) is 11.3 Å². The molecule has 0 aliphatic heterocycles. The average Bonchev–Trinajstić information content (AvgIpc) is 3.01. The summed E-state index contributed by atoms with van der Waals surface area (Å²) < 4.78 is 18.8. The Morgan fingerprint density at radius 2 is 2.19 bits per heavy atom. The number of fused-ring (bicyclic) bond motifs is 1. The highest BCUT2D eigenvalue weighted by atomic mass is 32.1. The minimum absolute atomic E-state index is 0.0534. The van der Waals surface area contributed by atoms with E-state index in [1.807, 2.05) is 6.92 Å². The molecule has 108 valence electrons. The van der Waals surface area contributed by atoms with Crippen LogP contribution >= 0.6 is 11.3 Å². The molecular weight excluding hydrogens is 293 g/mol. The minimum Gasteiger partial charge on any atom is -0.453 e. The molecule has 0 aliphatic rings. The lowest BCUT2D eigenvalue weighted by Crippen LogP contribution is -2.14. The molecule has 0 unspecified atom stereocenters. The largest absolute Gasteiger partial charge is 0.453 e. The van der Waals surface area contributed by atoms with Crippen LogP contribution < -0.4 is 5.32 Å². The normalized spacial score (nSPS) is 11.0. The van der Waals surface area contributed by atoms with Crippen LogP contribution in [0.15, 0.2) is 22.6 Å². The minimum atomic E-state index is -0.354. The van der Waals surface area contributed by atoms with Crippen molar-refractivity contribution in [2.24, 2.45) is 0 Å². The van der Waals surface area contributed by atoms with Gasteiger partial charge in [0.25, 0.3) is 0 Å². The molecule has 3 rings (SSSR count). The van der Waals surface area contributed by atoms with E-state index in [1.54, 1.807) is 6.92 Å². The van der Waals surface area contributed by atoms with Gasteiger partial charge in [-0.05, 0) is 32.0 Å². The molecule has 2 heterocycles. The first-order chi connectivity index (χ1) is 10.0. The number of hydrogen-bond donors (Lipinski definition) is 1. The first-order valence-corrected chi connectivity index (χ1v) is 7.12. The molecule has 0 aliphatic carbocycles. The van der Waals surface area contributed by atoms with Gasteiger partial charge in [0.1, 0.15) is 16.4 Å². The number of carbonyl (C=O) groups excluding carboxylic acids is 1. The Bertz CT molecular complexity index is 825. The van der Waals surface area contributed by atoms with Crippen LogP contribution in [0.3, 0.4) is 0 Å². The summed E-state index contributed by atoms with van der Waals surface area (Å²) in [5.41, 5.74) is 1.15. The number of rotatable bonds is 4. The van der Waals surface area contributed by atoms with E-state index >= 15 is 0 Å². The summed E-state index contributed by atoms with van der Waals surface area (Å²) in [6.45, 7) is 3.63. The number of halogens is 1. The maximum absolute atomic E-state index is 13.2. The highest BCUT2D eigenvalue weighted by Gasteiger charge is 2.18. The molecule has 0 bridgehead atoms. The molecule has 3 aromatic rings. The standard InChI is InChI=1S/C14H12FN3O2S/c1-7-10-5-9(15)3-4-12(10)20-13(7)11(19)6-16-14-18-17-8(2)21-14/h3-5H,6H2,1-2H3,(H,16,18). The zero-order chi connectivity index (χ0) is 15.0. The molecule has 1 N–H and O–H groups in total. The maximum Gasteiger partial charge on any atom is 0.217 e. The first kappa shape index (κ1) is 13.7. The molecule has 0 atom stereocenters. The monoisotopic (exact) mass is 305 g/mol. The lowest BCUT2D eigenvalue weighted by molar-refractivity contribution is 0.0981. The number of nitrogens with zero attached hydrogens (tertiary/aromatic N) is 2. The molecule has 7 heteroatoms. The third kappa shape index (κ3) is 2.64. The van der Waals surface area contributed by atoms with Crippen LogP contribution in [0.5, 0.6) is 0 Å². The van der Waals surface area contributed by atoms with Crippen molar-refractivity contribution in [1.29, 1.82) is 0 Å². The van der Waals surface area contributed by atoms with Crippen LogP contribution in [0.1, 0.15) is 21.1 Å². The van der Waals surface area contributed by atoms with Crippen LogP contribution in [0.2, 0.25) is 0 Å². The number of carbonyl (C=O) groups is 1. The van der Waals surface area contributed by atoms with Crippen LogP contribution in [0, 0.1) is 19.7 Å². The lowest BCUT2D eigenvalue weighted by Gasteiger charge is -1.99. The van der Waals surface area contributed by atoms with Crippen LogP contribution in [0.4, 0.5) is 9.52 Å². The van der Waals surface area contributed by atoms with Crippen molar-refractivity contribution in [2.45, 2.75) is 13.8 Å². The molecule has 0 fully saturated rings. The molecule has 0 radical (unpaired) electrons. The topological polar surface area (TPSA) is 68.0 Å². The van der Waals surface area contributed by atoms with Crippen molar-refractivity contribution in [1.82, 2.24) is 10.2 Å². The van der Waals surface area contributed by atoms with Gasteiger partial charge in [-0.25, -0.2) is 4.39 Å². The van der Waals surface area contributed by atoms with Gasteiger partial charge in [-0.2, -0.15) is 0 Å². The number of aryl methyl sites for hydroxylation is 2. The number of ketones is 1. The van der Waals surface area contributed by atoms with Gasteiger partial charge < -0.3 is 9.73 Å². The Morgan fingerprint density at radius 1 is 1.38 bits per heavy atom. The van der Waals surface area contributed by atoms with E-state index < -0.39 is 0 Å². The zero-order valence-corrected chi connectivity index (χ0v) is 12.3. The van der Waals surface area contributed by atoms with E-state index in [4.69, 9.17) is 4.42 Å². The molecule has 21 heavy (non-hydrogen) atoms. The van der Waals surface area contributed by atoms with Gasteiger partial charge in [0.2, 0.25) is 10.9 Å². The van der Waals surface area contributed by atoms with Crippen LogP contribution in [-0.2, 0) is 0 Å². The number of furan rings is 1. The molecule has 0 amide bonds. The van der Waals surface area contributed by atoms with Crippen molar-refractivity contribution >= 4 is 33.2 Å². The molecule has 1 aromatic carbocycles. The van der Waals surface area contributed by atoms with E-state index in [0.29, 0.717) is 21.7 Å². The number of Topliss-reactive ketones (excluding diaryl/α,β-unsaturated/α-hetero) is 1. The number of nitrogens with one attached hydrogen (secondary N) is 1. The molecule has 5 nitrogen and oxygen atoms in total. The van der Waals surface area contributed by atoms with Gasteiger partial charge in [-0.15, -0.1) is 10.2 Å². The van der Waals surface area contributed by atoms with E-state index in [1.165, 1.54) is 29.5 Å². The van der Waals surface area contributed by atoms with Gasteiger partial charge in [0.05, 0.1) is 6.54 Å². The van der Waals surface area contributed by atoms with Crippen molar-refractivity contribution < 1.29 is 13.6 Å². The number of benzene rings is 1. The van der Waals surface area contributed by atoms with Crippen molar-refractivity contribution in [3.05, 3.63) is 40.3 Å². The summed E-state index contributed by atoms with van der Waals surface area (Å²) in [7, 11) is 0. The Balaban J connectivity index is 1.82. The fourth-order valence-corrected chi connectivity index (χ4v) is 2.65. The number of hydrogen-bond acceptors (Lipinski definition) is 6. The summed E-state index contributed by atoms with van der Waals surface area (Å²) in [5, 5.41) is 12.7. The SMILES string of the molecule is Cc1nnc(NCC(=O)c2oc3ccc(F)cc3c2C)s1. The van der Waals surface area contributed by atoms with E-state index in [0.717, 1.165) is 5.01 Å². The van der Waals surface area contributed by atoms with E-state index in [9.17, 15) is 9.18 Å². The predicted molar refractivity (Wildman–Crippen MR) is 78.4 cm³/mol. The average molecular weight is 305 g/mol. The molecular formula is C14H12FN3O2S. The summed E-state index contributed by atoms with van der Waals surface area (Å²) in [6, 6.07) is 4.20. The van der Waals surface area contributed by atoms with Gasteiger partial charge >= 0.3 is 0 Å². The predicted octanol–water partition coefficient (Wildman–Crippen LogP) is 3.34. The van der Waals surface area contributed by atoms with Crippen molar-refractivity contribution in [3.63, 3.8) is 0 Å². The van der Waals surface area contributed by atoms with Gasteiger partial charge in [0.15, 0.2) is 5.76 Å². The zero-order valence-electron chi connectivity index (χ0n) is 11.4. The Kier molecular flexibility index (Phi) is 3.42. The third-order valence-electron chi connectivity index (χ3n) is 3.08. The smallest absolute Gasteiger partial charge is 0.217 e. The molecule has 0 saturated heterocycles. The lowest BCUT2D eigenvalue weighted by atomic mass is 10.1. The summed E-state index contributed by atoms with van der Waals surface area (Å²) in [6.07, 6.45) is 0. The Morgan fingerprint density at radius 3 is 2.90 bits per heavy atom. The number of aromatic nitrogens is 2. The van der Waals surface area contributed by atoms with Gasteiger partial charge in [0, 0.05) is 10.9 Å². The first-order valence-electron chi connectivity index (χ1n) is 6.30. The van der Waals surface area contributed by atoms with Gasteiger partial charge in [-0.3, -0.25) is 4.79 Å². The highest BCUT2D eigenvalue weighted by Crippen LogP contribution is 2.26. The van der Waals surface area contributed by atoms with Crippen molar-refractivity contribution in [3.8, 4) is 0 Å². The van der Waals surface area contributed by atoms with Crippen LogP contribution in [-0.4, -0.2) is 22.5 Å². The van der Waals surface area contributed by atoms with E-state index in [2.05, 4.69) is 15.5 Å². The molecule has 0 spiro atoms. The fraction of sp³-hybridized carbons (Fsp3) is 0.214. The summed E-state index contributed by atoms with van der Waals surface area (Å²) in [4.78, 5) is 12.2. The maximum atomic E-state index is 13.2. The Labute approximate surface area is 123 Å². The second-order valence-corrected chi connectivity index (χ2v) is 5.78. The summed E-state index contributed by atoms with van der Waals surface area (Å²) in [5.74, 6) is -0.325. The van der Waals surface area contributed by atoms with E-state index in [-0.39, 0.29) is 23.9 Å². The fourth-order valence-electron chi connectivity index (χ4n) is 2.06. The molecule has 2 aromatic heterocycles. The highest BCUT2D eigenvalue weighted by molar-refractivity contribution is 7.15. The Hall–Kier alpha value is -2.28. The third-order valence-corrected chi connectivity index (χ3v) is 3.87.